The van der Waals surface area contributed by atoms with Crippen molar-refractivity contribution in [1.29, 1.82) is 0 Å². The molecule has 1 aromatic carbocycles. The molecule has 0 atom stereocenters. The zero-order valence-corrected chi connectivity index (χ0v) is 15.2. The van der Waals surface area contributed by atoms with Gasteiger partial charge in [0.1, 0.15) is 0 Å². The van der Waals surface area contributed by atoms with Gasteiger partial charge in [0.2, 0.25) is 5.91 Å². The van der Waals surface area contributed by atoms with Gasteiger partial charge >= 0.3 is 5.69 Å². The standard InChI is InChI=1S/C17H26N4O2.ClH/c1-3-12-20-14-7-4-5-8-15(14)21(17(20)23)13-9-16(22)19-11-6-10-18-2;/h4-5,7-8,18H,3,6,9-13H2,1-2H3,(H,19,22);1H. The van der Waals surface area contributed by atoms with Crippen molar-refractivity contribution >= 4 is 29.3 Å². The third-order valence-corrected chi connectivity index (χ3v) is 3.86. The number of benzene rings is 1. The van der Waals surface area contributed by atoms with Gasteiger partial charge in [0.15, 0.2) is 0 Å². The number of aromatic nitrogens is 2. The van der Waals surface area contributed by atoms with Gasteiger partial charge in [-0.05, 0) is 38.6 Å². The van der Waals surface area contributed by atoms with E-state index < -0.39 is 0 Å². The molecule has 24 heavy (non-hydrogen) atoms. The van der Waals surface area contributed by atoms with Gasteiger partial charge in [-0.3, -0.25) is 13.9 Å². The Labute approximate surface area is 148 Å². The number of nitrogens with zero attached hydrogens (tertiary/aromatic N) is 2. The summed E-state index contributed by atoms with van der Waals surface area (Å²) in [6.07, 6.45) is 2.12. The van der Waals surface area contributed by atoms with Crippen LogP contribution in [0.1, 0.15) is 26.2 Å². The number of carbonyl (C=O) groups is 1. The number of imidazole rings is 1. The second-order valence-corrected chi connectivity index (χ2v) is 5.63. The molecule has 7 heteroatoms. The van der Waals surface area contributed by atoms with Crippen molar-refractivity contribution in [2.75, 3.05) is 20.1 Å². The fourth-order valence-corrected chi connectivity index (χ4v) is 2.72. The maximum absolute atomic E-state index is 12.6. The fraction of sp³-hybridized carbons (Fsp3) is 0.529. The van der Waals surface area contributed by atoms with E-state index in [1.807, 2.05) is 31.3 Å². The molecule has 0 aliphatic heterocycles. The molecule has 1 amide bonds. The molecule has 0 fully saturated rings. The van der Waals surface area contributed by atoms with E-state index in [1.165, 1.54) is 0 Å². The molecule has 0 bridgehead atoms. The Morgan fingerprint density at radius 2 is 1.71 bits per heavy atom. The summed E-state index contributed by atoms with van der Waals surface area (Å²) in [6, 6.07) is 7.76. The van der Waals surface area contributed by atoms with E-state index in [0.717, 1.165) is 30.4 Å². The van der Waals surface area contributed by atoms with Crippen LogP contribution in [0.5, 0.6) is 0 Å². The van der Waals surface area contributed by atoms with E-state index in [-0.39, 0.29) is 24.0 Å². The SMILES string of the molecule is CCCn1c(=O)n(CCC(=O)NCCCNC)c2ccccc21.Cl. The zero-order chi connectivity index (χ0) is 16.7. The van der Waals surface area contributed by atoms with Crippen molar-refractivity contribution < 1.29 is 4.79 Å². The number of para-hydroxylation sites is 2. The Hall–Kier alpha value is -1.79. The zero-order valence-electron chi connectivity index (χ0n) is 14.4. The molecule has 134 valence electrons. The molecule has 0 spiro atoms. The first-order chi connectivity index (χ1) is 11.2. The van der Waals surface area contributed by atoms with E-state index in [1.54, 1.807) is 9.13 Å². The van der Waals surface area contributed by atoms with Crippen molar-refractivity contribution in [1.82, 2.24) is 19.8 Å². The van der Waals surface area contributed by atoms with E-state index in [9.17, 15) is 9.59 Å². The van der Waals surface area contributed by atoms with Gasteiger partial charge in [0.25, 0.3) is 0 Å². The molecule has 6 nitrogen and oxygen atoms in total. The predicted molar refractivity (Wildman–Crippen MR) is 99.9 cm³/mol. The highest BCUT2D eigenvalue weighted by molar-refractivity contribution is 5.85. The molecule has 0 aliphatic rings. The normalized spacial score (nSPS) is 10.6. The number of fused-ring (bicyclic) bond motifs is 1. The quantitative estimate of drug-likeness (QED) is 0.674. The van der Waals surface area contributed by atoms with E-state index in [2.05, 4.69) is 17.6 Å². The summed E-state index contributed by atoms with van der Waals surface area (Å²) in [5.41, 5.74) is 1.80. The van der Waals surface area contributed by atoms with E-state index in [0.29, 0.717) is 26.1 Å². The maximum Gasteiger partial charge on any atom is 0.329 e. The monoisotopic (exact) mass is 354 g/mol. The van der Waals surface area contributed by atoms with Crippen LogP contribution >= 0.6 is 12.4 Å². The summed E-state index contributed by atoms with van der Waals surface area (Å²) in [5.74, 6) is -0.0136. The van der Waals surface area contributed by atoms with Gasteiger partial charge in [-0.25, -0.2) is 4.79 Å². The van der Waals surface area contributed by atoms with Crippen LogP contribution in [0.3, 0.4) is 0 Å². The predicted octanol–water partition coefficient (Wildman–Crippen LogP) is 1.75. The number of aryl methyl sites for hydroxylation is 2. The third kappa shape index (κ3) is 4.85. The lowest BCUT2D eigenvalue weighted by Crippen LogP contribution is -2.30. The molecule has 0 radical (unpaired) electrons. The summed E-state index contributed by atoms with van der Waals surface area (Å²) in [7, 11) is 1.89. The first-order valence-corrected chi connectivity index (χ1v) is 8.28. The van der Waals surface area contributed by atoms with Gasteiger partial charge in [-0.2, -0.15) is 0 Å². The van der Waals surface area contributed by atoms with Crippen molar-refractivity contribution in [2.45, 2.75) is 39.3 Å². The lowest BCUT2D eigenvalue weighted by Gasteiger charge is -2.06. The Morgan fingerprint density at radius 1 is 1.08 bits per heavy atom. The second kappa shape index (κ2) is 10.2. The molecule has 0 aliphatic carbocycles. The van der Waals surface area contributed by atoms with Gasteiger partial charge in [0, 0.05) is 26.1 Å². The van der Waals surface area contributed by atoms with Crippen LogP contribution in [0.15, 0.2) is 29.1 Å². The highest BCUT2D eigenvalue weighted by Crippen LogP contribution is 2.13. The topological polar surface area (TPSA) is 68.1 Å². The van der Waals surface area contributed by atoms with Crippen molar-refractivity contribution in [3.05, 3.63) is 34.7 Å². The van der Waals surface area contributed by atoms with Crippen LogP contribution in [-0.2, 0) is 17.9 Å². The molecule has 0 saturated carbocycles. The minimum Gasteiger partial charge on any atom is -0.356 e. The van der Waals surface area contributed by atoms with Crippen LogP contribution in [0, 0.1) is 0 Å². The first kappa shape index (κ1) is 20.3. The second-order valence-electron chi connectivity index (χ2n) is 5.63. The van der Waals surface area contributed by atoms with Crippen molar-refractivity contribution in [3.8, 4) is 0 Å². The highest BCUT2D eigenvalue weighted by Gasteiger charge is 2.13. The van der Waals surface area contributed by atoms with Crippen LogP contribution in [0.4, 0.5) is 0 Å². The van der Waals surface area contributed by atoms with E-state index in [4.69, 9.17) is 0 Å². The Balaban J connectivity index is 0.00000288. The Morgan fingerprint density at radius 3 is 2.29 bits per heavy atom. The molecule has 2 N–H and O–H groups in total. The molecule has 1 heterocycles. The summed E-state index contributed by atoms with van der Waals surface area (Å²) in [6.45, 7) is 4.70. The smallest absolute Gasteiger partial charge is 0.329 e. The maximum atomic E-state index is 12.6. The number of rotatable bonds is 9. The number of hydrogen-bond acceptors (Lipinski definition) is 3. The average Bonchev–Trinajstić information content (AvgIpc) is 2.82. The minimum atomic E-state index is -0.0315. The van der Waals surface area contributed by atoms with Gasteiger partial charge in [-0.1, -0.05) is 19.1 Å². The minimum absolute atomic E-state index is 0. The summed E-state index contributed by atoms with van der Waals surface area (Å²) >= 11 is 0. The molecule has 2 rings (SSSR count). The summed E-state index contributed by atoms with van der Waals surface area (Å²) in [5, 5.41) is 5.93. The fourth-order valence-electron chi connectivity index (χ4n) is 2.72. The Bertz CT molecular complexity index is 708. The van der Waals surface area contributed by atoms with E-state index >= 15 is 0 Å². The van der Waals surface area contributed by atoms with Crippen LogP contribution in [0.2, 0.25) is 0 Å². The molecule has 1 aromatic heterocycles. The molecular formula is C17H27ClN4O2. The molecule has 0 saturated heterocycles. The van der Waals surface area contributed by atoms with Crippen LogP contribution in [0.25, 0.3) is 11.0 Å². The number of carbonyl (C=O) groups excluding carboxylic acids is 1. The largest absolute Gasteiger partial charge is 0.356 e. The summed E-state index contributed by atoms with van der Waals surface area (Å²) in [4.78, 5) is 24.5. The number of hydrogen-bond donors (Lipinski definition) is 2. The number of amides is 1. The first-order valence-electron chi connectivity index (χ1n) is 8.28. The van der Waals surface area contributed by atoms with Crippen molar-refractivity contribution in [3.63, 3.8) is 0 Å². The molecule has 2 aromatic rings. The van der Waals surface area contributed by atoms with Gasteiger partial charge < -0.3 is 10.6 Å². The van der Waals surface area contributed by atoms with Gasteiger partial charge in [0.05, 0.1) is 11.0 Å². The van der Waals surface area contributed by atoms with Crippen molar-refractivity contribution in [2.24, 2.45) is 0 Å². The average molecular weight is 355 g/mol. The van der Waals surface area contributed by atoms with Crippen LogP contribution in [-0.4, -0.2) is 35.2 Å². The van der Waals surface area contributed by atoms with Crippen LogP contribution < -0.4 is 16.3 Å². The molecular weight excluding hydrogens is 328 g/mol. The third-order valence-electron chi connectivity index (χ3n) is 3.86. The molecule has 0 unspecified atom stereocenters. The highest BCUT2D eigenvalue weighted by atomic mass is 35.5. The lowest BCUT2D eigenvalue weighted by molar-refractivity contribution is -0.121. The number of halogens is 1. The van der Waals surface area contributed by atoms with Gasteiger partial charge in [-0.15, -0.1) is 12.4 Å². The number of nitrogens with one attached hydrogen (secondary N) is 2. The Kier molecular flexibility index (Phi) is 8.57. The summed E-state index contributed by atoms with van der Waals surface area (Å²) < 4.78 is 3.50. The lowest BCUT2D eigenvalue weighted by atomic mass is 10.3.